The first-order chi connectivity index (χ1) is 7.51. The SMILES string of the molecule is COC(=O)c1cc(C(F)F)cc(C#N)c1S. The fourth-order valence-corrected chi connectivity index (χ4v) is 1.40. The summed E-state index contributed by atoms with van der Waals surface area (Å²) in [4.78, 5) is 11.3. The molecule has 0 aliphatic carbocycles. The number of hydrogen-bond acceptors (Lipinski definition) is 4. The summed E-state index contributed by atoms with van der Waals surface area (Å²) >= 11 is 3.93. The van der Waals surface area contributed by atoms with E-state index < -0.39 is 18.0 Å². The highest BCUT2D eigenvalue weighted by Crippen LogP contribution is 2.27. The van der Waals surface area contributed by atoms with Crippen molar-refractivity contribution in [2.75, 3.05) is 7.11 Å². The van der Waals surface area contributed by atoms with Crippen molar-refractivity contribution in [3.63, 3.8) is 0 Å². The number of nitrogens with zero attached hydrogens (tertiary/aromatic N) is 1. The molecule has 0 saturated heterocycles. The number of rotatable bonds is 2. The minimum absolute atomic E-state index is 0.0405. The summed E-state index contributed by atoms with van der Waals surface area (Å²) in [5.74, 6) is -0.802. The number of carbonyl (C=O) groups excluding carboxylic acids is 1. The van der Waals surface area contributed by atoms with E-state index in [2.05, 4.69) is 17.4 Å². The van der Waals surface area contributed by atoms with Crippen LogP contribution in [0.5, 0.6) is 0 Å². The Morgan fingerprint density at radius 3 is 2.62 bits per heavy atom. The molecule has 3 nitrogen and oxygen atoms in total. The molecule has 0 aliphatic heterocycles. The molecule has 0 heterocycles. The lowest BCUT2D eigenvalue weighted by Gasteiger charge is -2.08. The fraction of sp³-hybridized carbons (Fsp3) is 0.200. The van der Waals surface area contributed by atoms with Gasteiger partial charge >= 0.3 is 5.97 Å². The van der Waals surface area contributed by atoms with Gasteiger partial charge in [-0.05, 0) is 12.1 Å². The predicted molar refractivity (Wildman–Crippen MR) is 54.7 cm³/mol. The summed E-state index contributed by atoms with van der Waals surface area (Å²) in [7, 11) is 1.12. The molecule has 0 spiro atoms. The molecule has 0 amide bonds. The zero-order chi connectivity index (χ0) is 12.3. The van der Waals surface area contributed by atoms with Gasteiger partial charge in [-0.1, -0.05) is 0 Å². The molecule has 0 aromatic heterocycles. The lowest BCUT2D eigenvalue weighted by Crippen LogP contribution is -2.05. The molecule has 0 aliphatic rings. The van der Waals surface area contributed by atoms with Crippen LogP contribution in [-0.2, 0) is 4.74 Å². The van der Waals surface area contributed by atoms with Gasteiger partial charge in [0.2, 0.25) is 0 Å². The molecular weight excluding hydrogens is 236 g/mol. The highest BCUT2D eigenvalue weighted by Gasteiger charge is 2.18. The number of nitriles is 1. The second-order valence-electron chi connectivity index (χ2n) is 2.87. The Morgan fingerprint density at radius 2 is 2.19 bits per heavy atom. The van der Waals surface area contributed by atoms with Crippen molar-refractivity contribution in [1.82, 2.24) is 0 Å². The first kappa shape index (κ1) is 12.5. The second kappa shape index (κ2) is 4.94. The van der Waals surface area contributed by atoms with E-state index in [1.165, 1.54) is 0 Å². The Balaban J connectivity index is 3.43. The number of carbonyl (C=O) groups is 1. The van der Waals surface area contributed by atoms with Crippen molar-refractivity contribution in [2.45, 2.75) is 11.3 Å². The van der Waals surface area contributed by atoms with Gasteiger partial charge in [-0.25, -0.2) is 13.6 Å². The van der Waals surface area contributed by atoms with E-state index in [9.17, 15) is 13.6 Å². The number of methoxy groups -OCH3 is 1. The third-order valence-electron chi connectivity index (χ3n) is 1.91. The number of benzene rings is 1. The van der Waals surface area contributed by atoms with Crippen LogP contribution in [0.25, 0.3) is 0 Å². The Bertz CT molecular complexity index is 469. The molecule has 1 rings (SSSR count). The first-order valence-electron chi connectivity index (χ1n) is 4.14. The Kier molecular flexibility index (Phi) is 3.85. The maximum atomic E-state index is 12.5. The van der Waals surface area contributed by atoms with Crippen LogP contribution in [0.2, 0.25) is 0 Å². The molecule has 1 aromatic rings. The second-order valence-corrected chi connectivity index (χ2v) is 3.32. The highest BCUT2D eigenvalue weighted by atomic mass is 32.1. The Hall–Kier alpha value is -1.61. The molecular formula is C10H7F2NO2S. The Labute approximate surface area is 96.0 Å². The number of hydrogen-bond donors (Lipinski definition) is 1. The van der Waals surface area contributed by atoms with Crippen molar-refractivity contribution < 1.29 is 18.3 Å². The maximum absolute atomic E-state index is 12.5. The smallest absolute Gasteiger partial charge is 0.339 e. The number of thiol groups is 1. The standard InChI is InChI=1S/C10H7F2NO2S/c1-15-10(14)7-3-5(9(11)12)2-6(4-13)8(7)16/h2-3,9,16H,1H3. The summed E-state index contributed by atoms with van der Waals surface area (Å²) < 4.78 is 29.4. The summed E-state index contributed by atoms with van der Waals surface area (Å²) in [6, 6.07) is 3.66. The van der Waals surface area contributed by atoms with Crippen molar-refractivity contribution in [1.29, 1.82) is 5.26 Å². The van der Waals surface area contributed by atoms with Crippen LogP contribution < -0.4 is 0 Å². The van der Waals surface area contributed by atoms with E-state index in [0.717, 1.165) is 19.2 Å². The fourth-order valence-electron chi connectivity index (χ4n) is 1.13. The first-order valence-corrected chi connectivity index (χ1v) is 4.59. The monoisotopic (exact) mass is 243 g/mol. The maximum Gasteiger partial charge on any atom is 0.339 e. The molecule has 0 unspecified atom stereocenters. The van der Waals surface area contributed by atoms with Gasteiger partial charge in [0.15, 0.2) is 0 Å². The van der Waals surface area contributed by atoms with E-state index in [1.807, 2.05) is 0 Å². The van der Waals surface area contributed by atoms with Gasteiger partial charge in [0.05, 0.1) is 18.2 Å². The van der Waals surface area contributed by atoms with Crippen molar-refractivity contribution in [3.05, 3.63) is 28.8 Å². The van der Waals surface area contributed by atoms with Crippen LogP contribution in [0.3, 0.4) is 0 Å². The van der Waals surface area contributed by atoms with E-state index in [4.69, 9.17) is 5.26 Å². The van der Waals surface area contributed by atoms with Crippen LogP contribution in [0, 0.1) is 11.3 Å². The lowest BCUT2D eigenvalue weighted by molar-refractivity contribution is 0.0596. The van der Waals surface area contributed by atoms with E-state index in [1.54, 1.807) is 6.07 Å². The van der Waals surface area contributed by atoms with Gasteiger partial charge in [-0.3, -0.25) is 0 Å². The molecule has 0 radical (unpaired) electrons. The van der Waals surface area contributed by atoms with Crippen LogP contribution >= 0.6 is 12.6 Å². The normalized spacial score (nSPS) is 10.0. The van der Waals surface area contributed by atoms with Crippen LogP contribution in [0.4, 0.5) is 8.78 Å². The number of halogens is 2. The molecule has 0 fully saturated rings. The highest BCUT2D eigenvalue weighted by molar-refractivity contribution is 7.80. The van der Waals surface area contributed by atoms with E-state index >= 15 is 0 Å². The zero-order valence-corrected chi connectivity index (χ0v) is 9.09. The van der Waals surface area contributed by atoms with Gasteiger partial charge in [0.25, 0.3) is 6.43 Å². The van der Waals surface area contributed by atoms with Crippen molar-refractivity contribution in [2.24, 2.45) is 0 Å². The van der Waals surface area contributed by atoms with Crippen molar-refractivity contribution in [3.8, 4) is 6.07 Å². The summed E-state index contributed by atoms with van der Waals surface area (Å²) in [5.41, 5.74) is -0.628. The molecule has 0 saturated carbocycles. The summed E-state index contributed by atoms with van der Waals surface area (Å²) in [6.45, 7) is 0. The molecule has 0 N–H and O–H groups in total. The van der Waals surface area contributed by atoms with Crippen molar-refractivity contribution >= 4 is 18.6 Å². The third kappa shape index (κ3) is 2.31. The number of esters is 1. The Morgan fingerprint density at radius 1 is 1.56 bits per heavy atom. The van der Waals surface area contributed by atoms with Crippen LogP contribution in [-0.4, -0.2) is 13.1 Å². The number of ether oxygens (including phenoxy) is 1. The molecule has 1 aromatic carbocycles. The van der Waals surface area contributed by atoms with Gasteiger partial charge in [-0.15, -0.1) is 12.6 Å². The largest absolute Gasteiger partial charge is 0.465 e. The topological polar surface area (TPSA) is 50.1 Å². The summed E-state index contributed by atoms with van der Waals surface area (Å²) in [5, 5.41) is 8.71. The quantitative estimate of drug-likeness (QED) is 0.641. The lowest BCUT2D eigenvalue weighted by atomic mass is 10.1. The molecule has 0 bridgehead atoms. The van der Waals surface area contributed by atoms with Gasteiger partial charge in [0, 0.05) is 10.5 Å². The van der Waals surface area contributed by atoms with Gasteiger partial charge in [-0.2, -0.15) is 5.26 Å². The van der Waals surface area contributed by atoms with Crippen LogP contribution in [0.15, 0.2) is 17.0 Å². The van der Waals surface area contributed by atoms with Crippen LogP contribution in [0.1, 0.15) is 27.9 Å². The average Bonchev–Trinajstić information content (AvgIpc) is 2.28. The van der Waals surface area contributed by atoms with Gasteiger partial charge in [0.1, 0.15) is 6.07 Å². The zero-order valence-electron chi connectivity index (χ0n) is 8.20. The van der Waals surface area contributed by atoms with E-state index in [-0.39, 0.29) is 16.0 Å². The third-order valence-corrected chi connectivity index (χ3v) is 2.39. The molecule has 6 heteroatoms. The molecule has 84 valence electrons. The summed E-state index contributed by atoms with van der Waals surface area (Å²) in [6.07, 6.45) is -2.76. The minimum atomic E-state index is -2.76. The molecule has 0 atom stereocenters. The average molecular weight is 243 g/mol. The molecule has 16 heavy (non-hydrogen) atoms. The predicted octanol–water partition coefficient (Wildman–Crippen LogP) is 2.57. The van der Waals surface area contributed by atoms with E-state index in [0.29, 0.717) is 0 Å². The van der Waals surface area contributed by atoms with Gasteiger partial charge < -0.3 is 4.74 Å². The number of alkyl halides is 2. The minimum Gasteiger partial charge on any atom is -0.465 e.